The molecule has 1 aromatic carbocycles. The summed E-state index contributed by atoms with van der Waals surface area (Å²) in [5.74, 6) is -0.586. The first-order chi connectivity index (χ1) is 15.2. The maximum atomic E-state index is 12.4. The van der Waals surface area contributed by atoms with Gasteiger partial charge in [-0.2, -0.15) is 4.41 Å². The Morgan fingerprint density at radius 2 is 1.94 bits per heavy atom. The molecule has 0 aliphatic rings. The van der Waals surface area contributed by atoms with Crippen molar-refractivity contribution in [2.75, 3.05) is 17.8 Å². The van der Waals surface area contributed by atoms with Gasteiger partial charge in [-0.25, -0.2) is 8.78 Å². The molecule has 0 aliphatic heterocycles. The van der Waals surface area contributed by atoms with Crippen LogP contribution < -0.4 is 15.9 Å². The Morgan fingerprint density at radius 3 is 2.44 bits per heavy atom. The summed E-state index contributed by atoms with van der Waals surface area (Å²) in [7, 11) is 0. The number of hydrazine groups is 2. The van der Waals surface area contributed by atoms with E-state index < -0.39 is 18.0 Å². The Labute approximate surface area is 198 Å². The van der Waals surface area contributed by atoms with Gasteiger partial charge in [-0.15, -0.1) is 0 Å². The van der Waals surface area contributed by atoms with Gasteiger partial charge in [0.2, 0.25) is 0 Å². The van der Waals surface area contributed by atoms with Gasteiger partial charge in [0.05, 0.1) is 29.2 Å². The number of nitrogens with one attached hydrogen (secondary N) is 2. The van der Waals surface area contributed by atoms with Crippen LogP contribution in [0.25, 0.3) is 0 Å². The van der Waals surface area contributed by atoms with Gasteiger partial charge in [0.15, 0.2) is 0 Å². The second-order valence-corrected chi connectivity index (χ2v) is 7.56. The first-order valence-electron chi connectivity index (χ1n) is 10.1. The molecule has 1 heterocycles. The Kier molecular flexibility index (Phi) is 12.0. The van der Waals surface area contributed by atoms with Crippen LogP contribution in [0.3, 0.4) is 0 Å². The number of amides is 1. The van der Waals surface area contributed by atoms with Gasteiger partial charge in [-0.1, -0.05) is 44.0 Å². The predicted molar refractivity (Wildman–Crippen MR) is 130 cm³/mol. The number of alkyl halides is 2. The summed E-state index contributed by atoms with van der Waals surface area (Å²) in [4.78, 5) is 16.4. The highest BCUT2D eigenvalue weighted by molar-refractivity contribution is 7.96. The summed E-state index contributed by atoms with van der Waals surface area (Å²) in [6.07, 6.45) is 0.605. The van der Waals surface area contributed by atoms with Crippen molar-refractivity contribution >= 4 is 35.1 Å². The maximum Gasteiger partial charge on any atom is 0.279 e. The molecule has 0 spiro atoms. The van der Waals surface area contributed by atoms with Crippen LogP contribution in [0.4, 0.5) is 14.5 Å². The number of halogens is 3. The number of aromatic nitrogens is 1. The van der Waals surface area contributed by atoms with Crippen LogP contribution >= 0.6 is 23.5 Å². The standard InChI is InChI=1S/C20H24ClF2N5OS.C2H6/c1-5-28(30-4)27(18-9-13(2)8-16(21)10-18)12-17-7-6-15(11-24-17)20(29)26-25-14(3)19(22)23;1-2/h6-11,19,25H,3,5,12H2,1-2,4H3,(H,26,29);1-2H3. The molecular formula is C22H30ClF2N5OS. The van der Waals surface area contributed by atoms with Crippen LogP contribution in [-0.2, 0) is 6.54 Å². The molecule has 0 radical (unpaired) electrons. The molecule has 2 rings (SSSR count). The summed E-state index contributed by atoms with van der Waals surface area (Å²) >= 11 is 7.81. The lowest BCUT2D eigenvalue weighted by atomic mass is 10.2. The number of allylic oxidation sites excluding steroid dienone is 1. The van der Waals surface area contributed by atoms with Gasteiger partial charge in [0.1, 0.15) is 0 Å². The maximum absolute atomic E-state index is 12.4. The van der Waals surface area contributed by atoms with Crippen LogP contribution in [0, 0.1) is 6.92 Å². The van der Waals surface area contributed by atoms with Gasteiger partial charge < -0.3 is 0 Å². The van der Waals surface area contributed by atoms with Crippen molar-refractivity contribution in [1.82, 2.24) is 20.2 Å². The number of carbonyl (C=O) groups is 1. The molecule has 2 aromatic rings. The van der Waals surface area contributed by atoms with Crippen LogP contribution in [0.5, 0.6) is 0 Å². The molecule has 0 atom stereocenters. The average Bonchev–Trinajstić information content (AvgIpc) is 2.78. The highest BCUT2D eigenvalue weighted by atomic mass is 35.5. The fourth-order valence-corrected chi connectivity index (χ4v) is 3.52. The fourth-order valence-electron chi connectivity index (χ4n) is 2.63. The Hall–Kier alpha value is -2.36. The van der Waals surface area contributed by atoms with Crippen molar-refractivity contribution in [1.29, 1.82) is 0 Å². The molecule has 176 valence electrons. The van der Waals surface area contributed by atoms with E-state index in [4.69, 9.17) is 11.6 Å². The molecule has 32 heavy (non-hydrogen) atoms. The molecule has 6 nitrogen and oxygen atoms in total. The largest absolute Gasteiger partial charge is 0.297 e. The third-order valence-electron chi connectivity index (χ3n) is 4.07. The number of hydrogen-bond donors (Lipinski definition) is 2. The van der Waals surface area contributed by atoms with E-state index in [1.807, 2.05) is 52.1 Å². The van der Waals surface area contributed by atoms with Crippen LogP contribution in [0.2, 0.25) is 5.02 Å². The predicted octanol–water partition coefficient (Wildman–Crippen LogP) is 5.60. The molecule has 0 fully saturated rings. The van der Waals surface area contributed by atoms with Crippen LogP contribution in [-0.4, -0.2) is 34.5 Å². The van der Waals surface area contributed by atoms with E-state index in [-0.39, 0.29) is 5.56 Å². The Bertz CT molecular complexity index is 859. The van der Waals surface area contributed by atoms with E-state index in [2.05, 4.69) is 31.8 Å². The van der Waals surface area contributed by atoms with Crippen molar-refractivity contribution < 1.29 is 13.6 Å². The first kappa shape index (κ1) is 27.7. The molecular weight excluding hydrogens is 456 g/mol. The van der Waals surface area contributed by atoms with E-state index in [0.717, 1.165) is 23.5 Å². The third-order valence-corrected chi connectivity index (χ3v) is 5.17. The lowest BCUT2D eigenvalue weighted by molar-refractivity contribution is 0.0928. The molecule has 1 aromatic heterocycles. The summed E-state index contributed by atoms with van der Waals surface area (Å²) in [6, 6.07) is 9.11. The second-order valence-electron chi connectivity index (χ2n) is 6.34. The Morgan fingerprint density at radius 1 is 1.25 bits per heavy atom. The number of hydrogen-bond acceptors (Lipinski definition) is 6. The SMILES string of the molecule is C=C(NNC(=O)c1ccc(CN(c2cc(C)cc(Cl)c2)N(CC)SC)nc1)C(F)F.CC. The normalized spacial score (nSPS) is 10.4. The van der Waals surface area contributed by atoms with Gasteiger partial charge in [0.25, 0.3) is 12.3 Å². The number of benzene rings is 1. The number of pyridine rings is 1. The number of rotatable bonds is 10. The van der Waals surface area contributed by atoms with Crippen molar-refractivity contribution in [2.45, 2.75) is 40.7 Å². The van der Waals surface area contributed by atoms with Gasteiger partial charge >= 0.3 is 0 Å². The number of nitrogens with zero attached hydrogens (tertiary/aromatic N) is 3. The van der Waals surface area contributed by atoms with E-state index in [1.54, 1.807) is 24.1 Å². The molecule has 0 saturated carbocycles. The zero-order valence-electron chi connectivity index (χ0n) is 19.0. The van der Waals surface area contributed by atoms with Gasteiger partial charge in [-0.05, 0) is 56.0 Å². The minimum Gasteiger partial charge on any atom is -0.297 e. The van der Waals surface area contributed by atoms with E-state index in [9.17, 15) is 13.6 Å². The Balaban J connectivity index is 0.00000249. The first-order valence-corrected chi connectivity index (χ1v) is 11.7. The molecule has 0 bridgehead atoms. The molecule has 2 N–H and O–H groups in total. The topological polar surface area (TPSA) is 60.5 Å². The van der Waals surface area contributed by atoms with E-state index in [1.165, 1.54) is 6.20 Å². The summed E-state index contributed by atoms with van der Waals surface area (Å²) in [6.45, 7) is 12.4. The highest BCUT2D eigenvalue weighted by Crippen LogP contribution is 2.27. The van der Waals surface area contributed by atoms with Gasteiger partial charge in [0, 0.05) is 17.8 Å². The molecule has 1 amide bonds. The van der Waals surface area contributed by atoms with E-state index in [0.29, 0.717) is 11.6 Å². The fraction of sp³-hybridized carbons (Fsp3) is 0.364. The zero-order chi connectivity index (χ0) is 24.3. The molecule has 0 aliphatic carbocycles. The molecule has 0 unspecified atom stereocenters. The summed E-state index contributed by atoms with van der Waals surface area (Å²) in [5, 5.41) is 2.70. The van der Waals surface area contributed by atoms with E-state index >= 15 is 0 Å². The number of carbonyl (C=O) groups excluding carboxylic acids is 1. The smallest absolute Gasteiger partial charge is 0.279 e. The van der Waals surface area contributed by atoms with Crippen LogP contribution in [0.15, 0.2) is 48.8 Å². The summed E-state index contributed by atoms with van der Waals surface area (Å²) in [5.41, 5.74) is 6.59. The van der Waals surface area contributed by atoms with Crippen molar-refractivity contribution in [3.8, 4) is 0 Å². The number of anilines is 1. The quantitative estimate of drug-likeness (QED) is 0.337. The van der Waals surface area contributed by atoms with Crippen LogP contribution in [0.1, 0.15) is 42.4 Å². The number of aryl methyl sites for hydroxylation is 1. The highest BCUT2D eigenvalue weighted by Gasteiger charge is 2.17. The lowest BCUT2D eigenvalue weighted by Crippen LogP contribution is -2.38. The van der Waals surface area contributed by atoms with Gasteiger partial charge in [-0.3, -0.25) is 25.6 Å². The van der Waals surface area contributed by atoms with Crippen molar-refractivity contribution in [3.63, 3.8) is 0 Å². The molecule has 0 saturated heterocycles. The van der Waals surface area contributed by atoms with Crippen molar-refractivity contribution in [2.24, 2.45) is 0 Å². The summed E-state index contributed by atoms with van der Waals surface area (Å²) < 4.78 is 26.9. The lowest BCUT2D eigenvalue weighted by Gasteiger charge is -2.34. The zero-order valence-corrected chi connectivity index (χ0v) is 20.5. The minimum atomic E-state index is -2.77. The average molecular weight is 486 g/mol. The molecule has 10 heteroatoms. The second kappa shape index (κ2) is 13.9. The minimum absolute atomic E-state index is 0.232. The monoisotopic (exact) mass is 485 g/mol. The van der Waals surface area contributed by atoms with Crippen molar-refractivity contribution in [3.05, 3.63) is 70.6 Å². The third kappa shape index (κ3) is 8.29.